The average Bonchev–Trinajstić information content (AvgIpc) is 2.32. The zero-order valence-corrected chi connectivity index (χ0v) is 12.4. The van der Waals surface area contributed by atoms with Gasteiger partial charge >= 0.3 is 0 Å². The largest absolute Gasteiger partial charge is 0.312 e. The van der Waals surface area contributed by atoms with Crippen LogP contribution < -0.4 is 5.32 Å². The van der Waals surface area contributed by atoms with Crippen LogP contribution in [0.1, 0.15) is 36.8 Å². The Morgan fingerprint density at radius 1 is 1.33 bits per heavy atom. The lowest BCUT2D eigenvalue weighted by Crippen LogP contribution is -2.27. The van der Waals surface area contributed by atoms with E-state index in [0.717, 1.165) is 30.5 Å². The van der Waals surface area contributed by atoms with E-state index >= 15 is 0 Å². The summed E-state index contributed by atoms with van der Waals surface area (Å²) in [6, 6.07) is 6.24. The van der Waals surface area contributed by atoms with Crippen molar-refractivity contribution in [2.45, 2.75) is 44.5 Å². The molecule has 0 spiro atoms. The van der Waals surface area contributed by atoms with Gasteiger partial charge in [0, 0.05) is 16.9 Å². The molecule has 0 aliphatic heterocycles. The van der Waals surface area contributed by atoms with Crippen molar-refractivity contribution in [3.63, 3.8) is 0 Å². The second-order valence-electron chi connectivity index (χ2n) is 5.36. The first kappa shape index (κ1) is 14.2. The first-order valence-electron chi connectivity index (χ1n) is 6.75. The highest BCUT2D eigenvalue weighted by molar-refractivity contribution is 6.31. The first-order valence-corrected chi connectivity index (χ1v) is 7.56. The van der Waals surface area contributed by atoms with Gasteiger partial charge in [-0.1, -0.05) is 30.2 Å². The number of hydrogen-bond donors (Lipinski definition) is 1. The Morgan fingerprint density at radius 2 is 2.17 bits per heavy atom. The van der Waals surface area contributed by atoms with E-state index in [0.29, 0.717) is 5.38 Å². The van der Waals surface area contributed by atoms with Gasteiger partial charge in [0.15, 0.2) is 0 Å². The zero-order chi connectivity index (χ0) is 13.0. The fraction of sp³-hybridized carbons (Fsp3) is 0.600. The van der Waals surface area contributed by atoms with Gasteiger partial charge in [0.05, 0.1) is 0 Å². The lowest BCUT2D eigenvalue weighted by Gasteiger charge is -2.25. The minimum Gasteiger partial charge on any atom is -0.312 e. The van der Waals surface area contributed by atoms with Gasteiger partial charge in [-0.3, -0.25) is 0 Å². The lowest BCUT2D eigenvalue weighted by molar-refractivity contribution is 0.346. The second kappa shape index (κ2) is 6.79. The predicted octanol–water partition coefficient (Wildman–Crippen LogP) is 4.54. The molecular formula is C15H21Cl2N. The van der Waals surface area contributed by atoms with Gasteiger partial charge in [-0.2, -0.15) is 0 Å². The van der Waals surface area contributed by atoms with Crippen molar-refractivity contribution < 1.29 is 0 Å². The van der Waals surface area contributed by atoms with Crippen LogP contribution >= 0.6 is 23.2 Å². The molecule has 0 heterocycles. The summed E-state index contributed by atoms with van der Waals surface area (Å²) in [6.07, 6.45) is 4.90. The lowest BCUT2D eigenvalue weighted by atomic mass is 9.89. The minimum absolute atomic E-state index is 0.383. The number of alkyl halides is 1. The Morgan fingerprint density at radius 3 is 2.89 bits per heavy atom. The number of nitrogens with one attached hydrogen (secondary N) is 1. The third-order valence-corrected chi connectivity index (χ3v) is 4.42. The molecule has 2 unspecified atom stereocenters. The van der Waals surface area contributed by atoms with Crippen molar-refractivity contribution in [1.29, 1.82) is 0 Å². The Hall–Kier alpha value is -0.240. The van der Waals surface area contributed by atoms with Gasteiger partial charge in [-0.25, -0.2) is 0 Å². The molecule has 100 valence electrons. The number of halogens is 2. The van der Waals surface area contributed by atoms with Crippen molar-refractivity contribution in [3.8, 4) is 0 Å². The highest BCUT2D eigenvalue weighted by atomic mass is 35.5. The highest BCUT2D eigenvalue weighted by Gasteiger charge is 2.19. The van der Waals surface area contributed by atoms with E-state index in [4.69, 9.17) is 23.2 Å². The summed E-state index contributed by atoms with van der Waals surface area (Å²) >= 11 is 12.4. The molecule has 0 amide bonds. The molecule has 1 aliphatic rings. The molecule has 2 atom stereocenters. The Balaban J connectivity index is 1.77. The third-order valence-electron chi connectivity index (χ3n) is 3.68. The molecule has 0 radical (unpaired) electrons. The fourth-order valence-electron chi connectivity index (χ4n) is 2.62. The predicted molar refractivity (Wildman–Crippen MR) is 79.5 cm³/mol. The summed E-state index contributed by atoms with van der Waals surface area (Å²) in [4.78, 5) is 0. The van der Waals surface area contributed by atoms with Crippen molar-refractivity contribution in [2.75, 3.05) is 6.54 Å². The van der Waals surface area contributed by atoms with Gasteiger partial charge in [0.1, 0.15) is 0 Å². The van der Waals surface area contributed by atoms with E-state index in [9.17, 15) is 0 Å². The molecule has 1 fully saturated rings. The summed E-state index contributed by atoms with van der Waals surface area (Å²) in [7, 11) is 0. The molecule has 1 nitrogen and oxygen atoms in total. The van der Waals surface area contributed by atoms with Crippen LogP contribution in [-0.4, -0.2) is 11.9 Å². The summed E-state index contributed by atoms with van der Waals surface area (Å²) in [5.74, 6) is 0.727. The van der Waals surface area contributed by atoms with Gasteiger partial charge < -0.3 is 5.32 Å². The first-order chi connectivity index (χ1) is 8.65. The topological polar surface area (TPSA) is 12.0 Å². The maximum absolute atomic E-state index is 6.21. The molecule has 3 heteroatoms. The average molecular weight is 286 g/mol. The molecule has 0 aromatic heterocycles. The molecule has 2 rings (SSSR count). The molecule has 1 saturated carbocycles. The van der Waals surface area contributed by atoms with Crippen LogP contribution in [0, 0.1) is 12.8 Å². The van der Waals surface area contributed by atoms with Crippen LogP contribution in [0.3, 0.4) is 0 Å². The monoisotopic (exact) mass is 285 g/mol. The molecular weight excluding hydrogens is 265 g/mol. The molecule has 1 aromatic rings. The van der Waals surface area contributed by atoms with Crippen molar-refractivity contribution in [2.24, 2.45) is 5.92 Å². The van der Waals surface area contributed by atoms with Gasteiger partial charge in [0.25, 0.3) is 0 Å². The van der Waals surface area contributed by atoms with E-state index in [1.807, 2.05) is 6.07 Å². The van der Waals surface area contributed by atoms with Gasteiger partial charge in [-0.05, 0) is 55.8 Å². The molecule has 1 aromatic carbocycles. The summed E-state index contributed by atoms with van der Waals surface area (Å²) in [6.45, 7) is 3.96. The van der Waals surface area contributed by atoms with Crippen molar-refractivity contribution >= 4 is 23.2 Å². The molecule has 1 aliphatic carbocycles. The van der Waals surface area contributed by atoms with Crippen LogP contribution in [0.5, 0.6) is 0 Å². The number of rotatable bonds is 4. The SMILES string of the molecule is Cc1ccc(CNCC2CCCC(Cl)C2)c(Cl)c1. The van der Waals surface area contributed by atoms with Crippen molar-refractivity contribution in [1.82, 2.24) is 5.32 Å². The quantitative estimate of drug-likeness (QED) is 0.801. The Kier molecular flexibility index (Phi) is 5.35. The molecule has 0 bridgehead atoms. The third kappa shape index (κ3) is 4.15. The highest BCUT2D eigenvalue weighted by Crippen LogP contribution is 2.27. The Bertz CT molecular complexity index is 392. The molecule has 18 heavy (non-hydrogen) atoms. The zero-order valence-electron chi connectivity index (χ0n) is 10.9. The summed E-state index contributed by atoms with van der Waals surface area (Å²) in [5.41, 5.74) is 2.39. The Labute approximate surface area is 120 Å². The summed E-state index contributed by atoms with van der Waals surface area (Å²) in [5, 5.41) is 4.75. The van der Waals surface area contributed by atoms with Crippen LogP contribution in [0.25, 0.3) is 0 Å². The van der Waals surface area contributed by atoms with Crippen LogP contribution in [0.15, 0.2) is 18.2 Å². The van der Waals surface area contributed by atoms with Crippen LogP contribution in [-0.2, 0) is 6.54 Å². The number of aryl methyl sites for hydroxylation is 1. The molecule has 0 saturated heterocycles. The maximum Gasteiger partial charge on any atom is 0.0453 e. The van der Waals surface area contributed by atoms with E-state index in [1.165, 1.54) is 30.4 Å². The van der Waals surface area contributed by atoms with Crippen molar-refractivity contribution in [3.05, 3.63) is 34.3 Å². The minimum atomic E-state index is 0.383. The standard InChI is InChI=1S/C15H21Cl2N/c1-11-5-6-13(15(17)7-11)10-18-9-12-3-2-4-14(16)8-12/h5-7,12,14,18H,2-4,8-10H2,1H3. The fourth-order valence-corrected chi connectivity index (χ4v) is 3.33. The normalized spacial score (nSPS) is 24.2. The number of benzene rings is 1. The van der Waals surface area contributed by atoms with Gasteiger partial charge in [-0.15, -0.1) is 11.6 Å². The maximum atomic E-state index is 6.21. The summed E-state index contributed by atoms with van der Waals surface area (Å²) < 4.78 is 0. The van der Waals surface area contributed by atoms with Crippen LogP contribution in [0.2, 0.25) is 5.02 Å². The van der Waals surface area contributed by atoms with E-state index in [-0.39, 0.29) is 0 Å². The van der Waals surface area contributed by atoms with E-state index in [1.54, 1.807) is 0 Å². The smallest absolute Gasteiger partial charge is 0.0453 e. The van der Waals surface area contributed by atoms with Crippen LogP contribution in [0.4, 0.5) is 0 Å². The van der Waals surface area contributed by atoms with E-state index < -0.39 is 0 Å². The molecule has 1 N–H and O–H groups in total. The van der Waals surface area contributed by atoms with E-state index in [2.05, 4.69) is 24.4 Å². The second-order valence-corrected chi connectivity index (χ2v) is 6.38. The van der Waals surface area contributed by atoms with Gasteiger partial charge in [0.2, 0.25) is 0 Å². The number of hydrogen-bond acceptors (Lipinski definition) is 1.